The number of ether oxygens (including phenoxy) is 1. The molecule has 1 saturated heterocycles. The molecule has 2 aliphatic heterocycles. The van der Waals surface area contributed by atoms with Gasteiger partial charge in [-0.15, -0.1) is 0 Å². The molecule has 1 fully saturated rings. The molecule has 3 heterocycles. The van der Waals surface area contributed by atoms with Gasteiger partial charge in [-0.05, 0) is 57.4 Å². The van der Waals surface area contributed by atoms with Crippen molar-refractivity contribution in [1.82, 2.24) is 14.9 Å². The van der Waals surface area contributed by atoms with E-state index in [9.17, 15) is 0 Å². The van der Waals surface area contributed by atoms with Crippen LogP contribution in [0.3, 0.4) is 0 Å². The van der Waals surface area contributed by atoms with E-state index in [1.165, 1.54) is 5.57 Å². The molecule has 0 radical (unpaired) electrons. The number of aromatic nitrogens is 2. The van der Waals surface area contributed by atoms with E-state index in [1.54, 1.807) is 6.07 Å². The quantitative estimate of drug-likeness (QED) is 0.720. The summed E-state index contributed by atoms with van der Waals surface area (Å²) < 4.78 is 21.1. The van der Waals surface area contributed by atoms with E-state index < -0.39 is 0 Å². The van der Waals surface area contributed by atoms with Crippen molar-refractivity contribution in [3.05, 3.63) is 52.4 Å². The van der Waals surface area contributed by atoms with Gasteiger partial charge in [0.1, 0.15) is 17.5 Å². The Morgan fingerprint density at radius 3 is 2.67 bits per heavy atom. The van der Waals surface area contributed by atoms with Crippen LogP contribution in [0.25, 0.3) is 6.08 Å². The fourth-order valence-electron chi connectivity index (χ4n) is 4.34. The third kappa shape index (κ3) is 4.48. The number of allylic oxidation sites excluding steroid dienone is 1. The second-order valence-corrected chi connectivity index (χ2v) is 9.24. The lowest BCUT2D eigenvalue weighted by Crippen LogP contribution is -2.31. The van der Waals surface area contributed by atoms with Crippen LogP contribution in [0, 0.1) is 5.82 Å². The first kappa shape index (κ1) is 21.6. The zero-order chi connectivity index (χ0) is 23.1. The largest absolute Gasteiger partial charge is 0.421 e. The third-order valence-corrected chi connectivity index (χ3v) is 6.19. The highest BCUT2D eigenvalue weighted by Gasteiger charge is 2.25. The lowest BCUT2D eigenvalue weighted by molar-refractivity contribution is 0.278. The van der Waals surface area contributed by atoms with Crippen LogP contribution in [0.15, 0.2) is 40.4 Å². The zero-order valence-electron chi connectivity index (χ0n) is 19.5. The number of benzene rings is 1. The molecule has 172 valence electrons. The lowest BCUT2D eigenvalue weighted by atomic mass is 10.1. The summed E-state index contributed by atoms with van der Waals surface area (Å²) in [6.45, 7) is 11.7. The molecule has 1 aromatic heterocycles. The van der Waals surface area contributed by atoms with Crippen LogP contribution in [-0.2, 0) is 6.42 Å². The van der Waals surface area contributed by atoms with Crippen molar-refractivity contribution in [3.63, 3.8) is 0 Å². The van der Waals surface area contributed by atoms with Gasteiger partial charge in [-0.2, -0.15) is 9.97 Å². The number of nitrogens with one attached hydrogen (secondary N) is 1. The van der Waals surface area contributed by atoms with Crippen molar-refractivity contribution in [2.45, 2.75) is 40.2 Å². The maximum Gasteiger partial charge on any atom is 0.326 e. The molecule has 1 N–H and O–H groups in total. The van der Waals surface area contributed by atoms with Gasteiger partial charge in [0.05, 0.1) is 13.2 Å². The summed E-state index contributed by atoms with van der Waals surface area (Å²) in [5, 5.41) is 3.26. The molecule has 33 heavy (non-hydrogen) atoms. The minimum atomic E-state index is -0.376. The molecule has 0 unspecified atom stereocenters. The smallest absolute Gasteiger partial charge is 0.326 e. The van der Waals surface area contributed by atoms with Crippen molar-refractivity contribution < 1.29 is 9.13 Å². The van der Waals surface area contributed by atoms with Crippen LogP contribution in [0.2, 0.25) is 0 Å². The molecule has 7 nitrogen and oxygen atoms in total. The van der Waals surface area contributed by atoms with E-state index in [-0.39, 0.29) is 17.6 Å². The molecule has 5 rings (SSSR count). The SMILES string of the molecule is CC1=CC(Nc2cc(N3CCN(C(C)C)C3)nc(Oc3ccc4c(c3F)C=C(C)C4)n2)=NC1. The van der Waals surface area contributed by atoms with E-state index in [0.717, 1.165) is 49.0 Å². The van der Waals surface area contributed by atoms with E-state index in [1.807, 2.05) is 38.1 Å². The second kappa shape index (κ2) is 8.59. The fourth-order valence-corrected chi connectivity index (χ4v) is 4.34. The summed E-state index contributed by atoms with van der Waals surface area (Å²) in [5.74, 6) is 1.81. The first-order chi connectivity index (χ1) is 15.9. The Morgan fingerprint density at radius 2 is 1.94 bits per heavy atom. The normalized spacial score (nSPS) is 17.9. The van der Waals surface area contributed by atoms with Gasteiger partial charge >= 0.3 is 6.01 Å². The van der Waals surface area contributed by atoms with Crippen molar-refractivity contribution >= 4 is 23.5 Å². The third-order valence-electron chi connectivity index (χ3n) is 6.19. The monoisotopic (exact) mass is 448 g/mol. The highest BCUT2D eigenvalue weighted by atomic mass is 19.1. The van der Waals surface area contributed by atoms with Gasteiger partial charge in [0.25, 0.3) is 0 Å². The Labute approximate surface area is 193 Å². The van der Waals surface area contributed by atoms with Crippen LogP contribution in [0.4, 0.5) is 16.0 Å². The molecule has 2 aromatic rings. The topological polar surface area (TPSA) is 65.9 Å². The molecule has 0 atom stereocenters. The van der Waals surface area contributed by atoms with Crippen molar-refractivity contribution in [2.75, 3.05) is 36.5 Å². The van der Waals surface area contributed by atoms with Crippen LogP contribution in [0.1, 0.15) is 38.8 Å². The maximum atomic E-state index is 15.2. The number of aliphatic imine (C=N–C) groups is 1. The summed E-state index contributed by atoms with van der Waals surface area (Å²) in [4.78, 5) is 18.2. The number of hydrogen-bond acceptors (Lipinski definition) is 7. The van der Waals surface area contributed by atoms with Crippen LogP contribution < -0.4 is 15.0 Å². The summed E-state index contributed by atoms with van der Waals surface area (Å²) >= 11 is 0. The molecule has 8 heteroatoms. The van der Waals surface area contributed by atoms with Crippen LogP contribution in [-0.4, -0.2) is 53.0 Å². The number of nitrogens with zero attached hydrogens (tertiary/aromatic N) is 5. The Hall–Kier alpha value is -3.26. The van der Waals surface area contributed by atoms with Gasteiger partial charge in [0.15, 0.2) is 11.6 Å². The molecule has 0 amide bonds. The molecular weight excluding hydrogens is 419 g/mol. The Kier molecular flexibility index (Phi) is 5.62. The summed E-state index contributed by atoms with van der Waals surface area (Å²) in [6.07, 6.45) is 4.63. The summed E-state index contributed by atoms with van der Waals surface area (Å²) in [7, 11) is 0. The highest BCUT2D eigenvalue weighted by molar-refractivity contribution is 6.05. The van der Waals surface area contributed by atoms with Crippen molar-refractivity contribution in [2.24, 2.45) is 4.99 Å². The van der Waals surface area contributed by atoms with Crippen molar-refractivity contribution in [1.29, 1.82) is 0 Å². The number of rotatable bonds is 5. The summed E-state index contributed by atoms with van der Waals surface area (Å²) in [5.41, 5.74) is 3.88. The predicted molar refractivity (Wildman–Crippen MR) is 130 cm³/mol. The van der Waals surface area contributed by atoms with E-state index in [4.69, 9.17) is 4.74 Å². The first-order valence-electron chi connectivity index (χ1n) is 11.4. The van der Waals surface area contributed by atoms with Gasteiger partial charge < -0.3 is 15.0 Å². The van der Waals surface area contributed by atoms with E-state index >= 15 is 4.39 Å². The van der Waals surface area contributed by atoms with Gasteiger partial charge in [-0.25, -0.2) is 4.39 Å². The zero-order valence-corrected chi connectivity index (χ0v) is 19.5. The van der Waals surface area contributed by atoms with Gasteiger partial charge in [-0.1, -0.05) is 17.7 Å². The average Bonchev–Trinajstić information content (AvgIpc) is 3.50. The maximum absolute atomic E-state index is 15.2. The number of amidine groups is 1. The standard InChI is InChI=1S/C25H29FN6O/c1-15(2)31-7-8-32(14-31)23-12-22(28-21-11-17(4)13-27-21)29-25(30-23)33-20-6-5-18-9-16(3)10-19(18)24(20)26/h5-6,10-12,15H,7-9,13-14H2,1-4H3,(H,27,28,29,30). The molecule has 3 aliphatic rings. The van der Waals surface area contributed by atoms with Gasteiger partial charge in [0, 0.05) is 30.8 Å². The number of anilines is 2. The number of halogens is 1. The van der Waals surface area contributed by atoms with E-state index in [0.29, 0.717) is 24.0 Å². The lowest BCUT2D eigenvalue weighted by Gasteiger charge is -2.22. The predicted octanol–water partition coefficient (Wildman–Crippen LogP) is 4.63. The van der Waals surface area contributed by atoms with Crippen molar-refractivity contribution in [3.8, 4) is 11.8 Å². The average molecular weight is 449 g/mol. The van der Waals surface area contributed by atoms with Crippen LogP contribution in [0.5, 0.6) is 11.8 Å². The Balaban J connectivity index is 1.46. The molecule has 0 bridgehead atoms. The molecular formula is C25H29FN6O. The van der Waals surface area contributed by atoms with E-state index in [2.05, 4.69) is 43.9 Å². The number of fused-ring (bicyclic) bond motifs is 1. The first-order valence-corrected chi connectivity index (χ1v) is 11.4. The second-order valence-electron chi connectivity index (χ2n) is 9.24. The number of hydrogen-bond donors (Lipinski definition) is 1. The minimum Gasteiger partial charge on any atom is -0.421 e. The molecule has 0 saturated carbocycles. The van der Waals surface area contributed by atoms with Gasteiger partial charge in [0.2, 0.25) is 0 Å². The molecule has 1 aromatic carbocycles. The highest BCUT2D eigenvalue weighted by Crippen LogP contribution is 2.34. The fraction of sp³-hybridized carbons (Fsp3) is 0.400. The Bertz CT molecular complexity index is 1190. The minimum absolute atomic E-state index is 0.106. The molecule has 1 aliphatic carbocycles. The van der Waals surface area contributed by atoms with Crippen LogP contribution >= 0.6 is 0 Å². The molecule has 0 spiro atoms. The van der Waals surface area contributed by atoms with Gasteiger partial charge in [-0.3, -0.25) is 9.89 Å². The summed E-state index contributed by atoms with van der Waals surface area (Å²) in [6, 6.07) is 6.02. The Morgan fingerprint density at radius 1 is 1.09 bits per heavy atom.